The van der Waals surface area contributed by atoms with E-state index in [1.165, 1.54) is 91.8 Å². The van der Waals surface area contributed by atoms with Gasteiger partial charge in [-0.3, -0.25) is 0 Å². The summed E-state index contributed by atoms with van der Waals surface area (Å²) in [6.45, 7) is 16.0. The van der Waals surface area contributed by atoms with E-state index < -0.39 is 21.4 Å². The van der Waals surface area contributed by atoms with Crippen LogP contribution in [0.15, 0.2) is 267 Å². The van der Waals surface area contributed by atoms with Crippen LogP contribution in [0.4, 0.5) is 0 Å². The van der Waals surface area contributed by atoms with Crippen LogP contribution in [0.2, 0.25) is 0 Å². The minimum absolute atomic E-state index is 0.505. The van der Waals surface area contributed by atoms with Crippen molar-refractivity contribution in [3.05, 3.63) is 267 Å². The fourth-order valence-electron chi connectivity index (χ4n) is 11.1. The van der Waals surface area contributed by atoms with Crippen molar-refractivity contribution in [1.29, 1.82) is 0 Å². The molecule has 0 saturated heterocycles. The number of rotatable bonds is 9. The zero-order chi connectivity index (χ0) is 68.3. The molecule has 0 aliphatic rings. The molecule has 7 N–H and O–H groups in total. The Morgan fingerprint density at radius 2 is 0.615 bits per heavy atom. The Kier molecular flexibility index (Phi) is 26.0. The molecule has 16 rings (SSSR count). The van der Waals surface area contributed by atoms with Crippen LogP contribution in [0.3, 0.4) is 0 Å². The molecule has 4 aromatic heterocycles. The normalized spacial score (nSPS) is 10.4. The van der Waals surface area contributed by atoms with Gasteiger partial charge in [0.05, 0.1) is 0 Å². The predicted molar refractivity (Wildman–Crippen MR) is 423 cm³/mol. The second kappa shape index (κ2) is 34.8. The van der Waals surface area contributed by atoms with E-state index in [9.17, 15) is 20.1 Å². The highest BCUT2D eigenvalue weighted by molar-refractivity contribution is 7.27. The second-order valence-electron chi connectivity index (χ2n) is 20.9. The maximum atomic E-state index is 9.21. The molecule has 0 unspecified atom stereocenters. The van der Waals surface area contributed by atoms with Crippen LogP contribution < -0.4 is 21.0 Å². The maximum Gasteiger partial charge on any atom is 0.569 e. The summed E-state index contributed by atoms with van der Waals surface area (Å²) in [5, 5.41) is 74.1. The zero-order valence-corrected chi connectivity index (χ0v) is 58.2. The SMILES string of the molecule is CC.CC.CC.CC.OB(O)c1ccc(-c2ccc3c(c2)sc2ccccc23)cc1.OB(O)c1ccc(-c2ccc3sc4ccccc4c3c2)cc1.OB(O)c1ccc(-c2cccc3c2sc2ccccc23)cc1.O[B]Oc1ccc(-c2cccc3sc4ccccc4c23)cc1. The molecule has 12 aromatic carbocycles. The summed E-state index contributed by atoms with van der Waals surface area (Å²) in [6.07, 6.45) is 0. The van der Waals surface area contributed by atoms with Crippen LogP contribution in [0.5, 0.6) is 5.75 Å². The Morgan fingerprint density at radius 3 is 1.15 bits per heavy atom. The molecule has 96 heavy (non-hydrogen) atoms. The molecule has 0 atom stereocenters. The van der Waals surface area contributed by atoms with Crippen LogP contribution in [0, 0.1) is 0 Å². The van der Waals surface area contributed by atoms with Crippen LogP contribution in [0.1, 0.15) is 55.4 Å². The summed E-state index contributed by atoms with van der Waals surface area (Å²) in [5.74, 6) is 0.619. The van der Waals surface area contributed by atoms with Gasteiger partial charge in [-0.05, 0) is 122 Å². The number of hydrogen-bond acceptors (Lipinski definition) is 12. The molecular weight excluding hydrogens is 1260 g/mol. The fraction of sp³-hybridized carbons (Fsp3) is 0.100. The van der Waals surface area contributed by atoms with E-state index in [-0.39, 0.29) is 0 Å². The van der Waals surface area contributed by atoms with E-state index in [4.69, 9.17) is 19.7 Å². The highest BCUT2D eigenvalue weighted by Gasteiger charge is 2.16. The molecule has 0 aliphatic carbocycles. The van der Waals surface area contributed by atoms with E-state index in [1.54, 1.807) is 70.4 Å². The fourth-order valence-corrected chi connectivity index (χ4v) is 15.7. The Labute approximate surface area is 579 Å². The lowest BCUT2D eigenvalue weighted by atomic mass is 9.80. The van der Waals surface area contributed by atoms with Crippen molar-refractivity contribution >= 4 is 171 Å². The first-order valence-electron chi connectivity index (χ1n) is 32.3. The van der Waals surface area contributed by atoms with Crippen LogP contribution in [-0.4, -0.2) is 64.2 Å². The number of thiophene rings is 4. The lowest BCUT2D eigenvalue weighted by Crippen LogP contribution is -2.29. The van der Waals surface area contributed by atoms with Gasteiger partial charge in [0, 0.05) is 80.7 Å². The lowest BCUT2D eigenvalue weighted by Gasteiger charge is -2.06. The van der Waals surface area contributed by atoms with E-state index in [2.05, 4.69) is 170 Å². The first-order chi connectivity index (χ1) is 47.0. The molecule has 16 aromatic rings. The van der Waals surface area contributed by atoms with Crippen LogP contribution in [0.25, 0.3) is 125 Å². The van der Waals surface area contributed by atoms with Gasteiger partial charge in [0.2, 0.25) is 0 Å². The van der Waals surface area contributed by atoms with Gasteiger partial charge in [-0.1, -0.05) is 262 Å². The first-order valence-corrected chi connectivity index (χ1v) is 35.6. The summed E-state index contributed by atoms with van der Waals surface area (Å²) >= 11 is 7.22. The van der Waals surface area contributed by atoms with E-state index in [0.717, 1.165) is 33.4 Å². The first kappa shape index (κ1) is 71.6. The highest BCUT2D eigenvalue weighted by atomic mass is 32.1. The summed E-state index contributed by atoms with van der Waals surface area (Å²) in [6, 6.07) is 89.3. The van der Waals surface area contributed by atoms with Gasteiger partial charge in [-0.2, -0.15) is 0 Å². The van der Waals surface area contributed by atoms with Gasteiger partial charge in [0.15, 0.2) is 0 Å². The zero-order valence-electron chi connectivity index (χ0n) is 54.9. The maximum absolute atomic E-state index is 9.21. The van der Waals surface area contributed by atoms with Crippen molar-refractivity contribution < 1.29 is 39.8 Å². The molecule has 0 fully saturated rings. The summed E-state index contributed by atoms with van der Waals surface area (Å²) in [4.78, 5) is 0. The van der Waals surface area contributed by atoms with Crippen LogP contribution >= 0.6 is 45.3 Å². The van der Waals surface area contributed by atoms with Gasteiger partial charge >= 0.3 is 29.0 Å². The summed E-state index contributed by atoms with van der Waals surface area (Å²) in [7, 11) is -3.56. The molecule has 0 spiro atoms. The monoisotopic (exact) mass is 1340 g/mol. The number of hydrogen-bond donors (Lipinski definition) is 7. The van der Waals surface area contributed by atoms with Crippen molar-refractivity contribution in [2.24, 2.45) is 0 Å². The molecule has 0 amide bonds. The molecule has 16 heteroatoms. The van der Waals surface area contributed by atoms with Gasteiger partial charge < -0.3 is 39.8 Å². The quantitative estimate of drug-likeness (QED) is 0.0706. The van der Waals surface area contributed by atoms with Crippen LogP contribution in [-0.2, 0) is 0 Å². The third-order valence-electron chi connectivity index (χ3n) is 15.5. The van der Waals surface area contributed by atoms with Gasteiger partial charge in [-0.25, -0.2) is 0 Å². The summed E-state index contributed by atoms with van der Waals surface area (Å²) in [5.41, 5.74) is 10.6. The molecular formula is C80H75B4O8S4. The topological polar surface area (TPSA) is 151 Å². The Morgan fingerprint density at radius 1 is 0.271 bits per heavy atom. The molecule has 0 saturated carbocycles. The highest BCUT2D eigenvalue weighted by Crippen LogP contribution is 2.42. The predicted octanol–water partition coefficient (Wildman–Crippen LogP) is 18.9. The molecule has 479 valence electrons. The Hall–Kier alpha value is -8.70. The minimum Gasteiger partial charge on any atom is -0.537 e. The summed E-state index contributed by atoms with van der Waals surface area (Å²) < 4.78 is 15.3. The molecule has 0 aliphatic heterocycles. The van der Waals surface area contributed by atoms with E-state index in [0.29, 0.717) is 29.8 Å². The van der Waals surface area contributed by atoms with Crippen molar-refractivity contribution in [2.45, 2.75) is 55.4 Å². The number of benzene rings is 12. The standard InChI is InChI=1S/C18H13BO2S.C18H12BO2S.2C18H13BO2S.4C2H6/c20-19(21)13-10-8-12(9-11-13)14-5-3-6-16-15-4-1-2-7-17(15)22-18(14)16;20-19-21-13-10-8-12(9-11-13)14-5-3-7-17-18(14)15-4-1-2-6-16(15)22-17;20-19(21)14-8-5-12(6-9-14)13-7-10-18-16(11-13)15-3-1-2-4-17(15)22-18;20-19(21)14-8-5-12(6-9-14)13-7-10-16-15-3-1-2-4-17(15)22-18(16)11-13;4*1-2/h1-11,20-21H;1-11,20H;2*1-11,20-21H;4*1-2H3. The van der Waals surface area contributed by atoms with Crippen molar-refractivity contribution in [1.82, 2.24) is 0 Å². The Bertz CT molecular complexity index is 5090. The third-order valence-corrected chi connectivity index (χ3v) is 20.2. The molecule has 1 radical (unpaired) electrons. The molecule has 0 bridgehead atoms. The van der Waals surface area contributed by atoms with E-state index in [1.807, 2.05) is 127 Å². The molecule has 4 heterocycles. The lowest BCUT2D eigenvalue weighted by molar-refractivity contribution is 0.424. The van der Waals surface area contributed by atoms with E-state index >= 15 is 0 Å². The van der Waals surface area contributed by atoms with Crippen molar-refractivity contribution in [3.8, 4) is 50.3 Å². The van der Waals surface area contributed by atoms with Crippen molar-refractivity contribution in [2.75, 3.05) is 0 Å². The minimum atomic E-state index is -1.42. The molecule has 8 nitrogen and oxygen atoms in total. The van der Waals surface area contributed by atoms with Gasteiger partial charge in [0.1, 0.15) is 5.75 Å². The third kappa shape index (κ3) is 16.4. The average molecular weight is 1340 g/mol. The van der Waals surface area contributed by atoms with Gasteiger partial charge in [0.25, 0.3) is 0 Å². The number of fused-ring (bicyclic) bond motifs is 12. The smallest absolute Gasteiger partial charge is 0.537 e. The largest absolute Gasteiger partial charge is 0.569 e. The Balaban J connectivity index is 0.000000145. The second-order valence-corrected chi connectivity index (χ2v) is 25.2. The average Bonchev–Trinajstić information content (AvgIpc) is 1.63. The van der Waals surface area contributed by atoms with Crippen molar-refractivity contribution in [3.63, 3.8) is 0 Å². The van der Waals surface area contributed by atoms with Gasteiger partial charge in [-0.15, -0.1) is 45.3 Å².